The molecule has 2 heterocycles. The number of likely N-dealkylation sites (tertiary alicyclic amines) is 1. The van der Waals surface area contributed by atoms with E-state index in [0.717, 1.165) is 37.2 Å². The highest BCUT2D eigenvalue weighted by Gasteiger charge is 2.17. The molecule has 8 heteroatoms. The number of halogens is 1. The van der Waals surface area contributed by atoms with E-state index in [1.165, 1.54) is 6.26 Å². The van der Waals surface area contributed by atoms with Crippen LogP contribution in [0.15, 0.2) is 41.0 Å². The third kappa shape index (κ3) is 5.00. The van der Waals surface area contributed by atoms with E-state index in [0.29, 0.717) is 17.9 Å². The van der Waals surface area contributed by atoms with Crippen molar-refractivity contribution in [1.29, 1.82) is 0 Å². The maximum atomic E-state index is 12.1. The molecule has 140 valence electrons. The molecule has 0 spiro atoms. The van der Waals surface area contributed by atoms with Crippen LogP contribution in [0.3, 0.4) is 0 Å². The number of benzene rings is 1. The molecule has 1 aromatic heterocycles. The number of nitrogens with zero attached hydrogens (tertiary/aromatic N) is 1. The predicted octanol–water partition coefficient (Wildman–Crippen LogP) is 2.72. The van der Waals surface area contributed by atoms with Crippen LogP contribution in [0.4, 0.5) is 10.5 Å². The van der Waals surface area contributed by atoms with Gasteiger partial charge in [0.15, 0.2) is 0 Å². The van der Waals surface area contributed by atoms with Gasteiger partial charge in [0, 0.05) is 25.3 Å². The van der Waals surface area contributed by atoms with Gasteiger partial charge in [-0.1, -0.05) is 12.1 Å². The molecular weight excluding hydrogens is 356 g/mol. The predicted molar refractivity (Wildman–Crippen MR) is 101 cm³/mol. The van der Waals surface area contributed by atoms with Crippen LogP contribution in [-0.4, -0.2) is 29.9 Å². The molecule has 0 aliphatic carbocycles. The molecule has 1 aromatic carbocycles. The SMILES string of the molecule is Cl.NCc1cc(C(=O)NCc2cccc(NC(=O)N3CCCC3)c2)co1. The molecule has 1 aliphatic rings. The second-order valence-electron chi connectivity index (χ2n) is 6.01. The highest BCUT2D eigenvalue weighted by Crippen LogP contribution is 2.14. The second kappa shape index (κ2) is 9.26. The third-order valence-corrected chi connectivity index (χ3v) is 4.14. The molecule has 0 atom stereocenters. The molecule has 7 nitrogen and oxygen atoms in total. The quantitative estimate of drug-likeness (QED) is 0.744. The van der Waals surface area contributed by atoms with Crippen molar-refractivity contribution in [3.05, 3.63) is 53.5 Å². The van der Waals surface area contributed by atoms with Gasteiger partial charge in [-0.05, 0) is 36.6 Å². The van der Waals surface area contributed by atoms with Crippen molar-refractivity contribution >= 4 is 30.0 Å². The lowest BCUT2D eigenvalue weighted by atomic mass is 10.2. The van der Waals surface area contributed by atoms with Crippen LogP contribution in [0, 0.1) is 0 Å². The molecule has 0 bridgehead atoms. The van der Waals surface area contributed by atoms with Crippen molar-refractivity contribution in [2.24, 2.45) is 5.73 Å². The van der Waals surface area contributed by atoms with E-state index in [1.54, 1.807) is 6.07 Å². The summed E-state index contributed by atoms with van der Waals surface area (Å²) in [6, 6.07) is 8.99. The molecule has 3 amide bonds. The molecule has 3 rings (SSSR count). The Morgan fingerprint density at radius 1 is 1.19 bits per heavy atom. The molecule has 1 fully saturated rings. The summed E-state index contributed by atoms with van der Waals surface area (Å²) in [5, 5.41) is 5.73. The van der Waals surface area contributed by atoms with Crippen molar-refractivity contribution in [2.75, 3.05) is 18.4 Å². The zero-order chi connectivity index (χ0) is 17.6. The summed E-state index contributed by atoms with van der Waals surface area (Å²) in [5.74, 6) is 0.340. The Labute approximate surface area is 158 Å². The summed E-state index contributed by atoms with van der Waals surface area (Å²) in [4.78, 5) is 26.0. The molecule has 26 heavy (non-hydrogen) atoms. The summed E-state index contributed by atoms with van der Waals surface area (Å²) in [6.07, 6.45) is 3.50. The van der Waals surface area contributed by atoms with Crippen molar-refractivity contribution in [1.82, 2.24) is 10.2 Å². The lowest BCUT2D eigenvalue weighted by molar-refractivity contribution is 0.0950. The average Bonchev–Trinajstić information content (AvgIpc) is 3.31. The molecule has 1 aliphatic heterocycles. The van der Waals surface area contributed by atoms with Crippen molar-refractivity contribution in [3.63, 3.8) is 0 Å². The van der Waals surface area contributed by atoms with Gasteiger partial charge in [0.2, 0.25) is 0 Å². The lowest BCUT2D eigenvalue weighted by Crippen LogP contribution is -2.32. The minimum Gasteiger partial charge on any atom is -0.467 e. The summed E-state index contributed by atoms with van der Waals surface area (Å²) in [5.41, 5.74) is 7.53. The van der Waals surface area contributed by atoms with Gasteiger partial charge in [0.25, 0.3) is 5.91 Å². The smallest absolute Gasteiger partial charge is 0.321 e. The maximum Gasteiger partial charge on any atom is 0.321 e. The van der Waals surface area contributed by atoms with Crippen molar-refractivity contribution in [2.45, 2.75) is 25.9 Å². The Morgan fingerprint density at radius 3 is 2.65 bits per heavy atom. The lowest BCUT2D eigenvalue weighted by Gasteiger charge is -2.16. The van der Waals surface area contributed by atoms with E-state index >= 15 is 0 Å². The van der Waals surface area contributed by atoms with Gasteiger partial charge in [-0.15, -0.1) is 12.4 Å². The third-order valence-electron chi connectivity index (χ3n) is 4.14. The topological polar surface area (TPSA) is 101 Å². The fourth-order valence-corrected chi connectivity index (χ4v) is 2.77. The van der Waals surface area contributed by atoms with Gasteiger partial charge >= 0.3 is 6.03 Å². The number of nitrogens with two attached hydrogens (primary N) is 1. The number of hydrogen-bond donors (Lipinski definition) is 3. The number of hydrogen-bond acceptors (Lipinski definition) is 4. The number of carbonyl (C=O) groups excluding carboxylic acids is 2. The Bertz CT molecular complexity index is 756. The number of rotatable bonds is 5. The Balaban J connectivity index is 0.00000243. The fourth-order valence-electron chi connectivity index (χ4n) is 2.77. The molecule has 0 radical (unpaired) electrons. The second-order valence-corrected chi connectivity index (χ2v) is 6.01. The average molecular weight is 379 g/mol. The highest BCUT2D eigenvalue weighted by atomic mass is 35.5. The summed E-state index contributed by atoms with van der Waals surface area (Å²) < 4.78 is 5.16. The first-order chi connectivity index (χ1) is 12.2. The Morgan fingerprint density at radius 2 is 1.96 bits per heavy atom. The minimum absolute atomic E-state index is 0. The first-order valence-corrected chi connectivity index (χ1v) is 8.36. The molecular formula is C18H23ClN4O3. The van der Waals surface area contributed by atoms with Gasteiger partial charge < -0.3 is 25.7 Å². The highest BCUT2D eigenvalue weighted by molar-refractivity contribution is 5.94. The zero-order valence-corrected chi connectivity index (χ0v) is 15.2. The van der Waals surface area contributed by atoms with Gasteiger partial charge in [-0.3, -0.25) is 4.79 Å². The maximum absolute atomic E-state index is 12.1. The number of anilines is 1. The number of amides is 3. The molecule has 0 unspecified atom stereocenters. The van der Waals surface area contributed by atoms with Gasteiger partial charge in [-0.2, -0.15) is 0 Å². The van der Waals surface area contributed by atoms with E-state index < -0.39 is 0 Å². The summed E-state index contributed by atoms with van der Waals surface area (Å²) in [6.45, 7) is 2.22. The largest absolute Gasteiger partial charge is 0.467 e. The molecule has 2 aromatic rings. The summed E-state index contributed by atoms with van der Waals surface area (Å²) >= 11 is 0. The van der Waals surface area contributed by atoms with Gasteiger partial charge in [-0.25, -0.2) is 4.79 Å². The molecule has 0 saturated carbocycles. The normalized spacial score (nSPS) is 13.2. The van der Waals surface area contributed by atoms with E-state index in [4.69, 9.17) is 10.2 Å². The minimum atomic E-state index is -0.227. The monoisotopic (exact) mass is 378 g/mol. The van der Waals surface area contributed by atoms with E-state index in [2.05, 4.69) is 10.6 Å². The summed E-state index contributed by atoms with van der Waals surface area (Å²) in [7, 11) is 0. The van der Waals surface area contributed by atoms with Crippen molar-refractivity contribution < 1.29 is 14.0 Å². The molecule has 1 saturated heterocycles. The van der Waals surface area contributed by atoms with Crippen LogP contribution < -0.4 is 16.4 Å². The van der Waals surface area contributed by atoms with Gasteiger partial charge in [0.05, 0.1) is 12.1 Å². The van der Waals surface area contributed by atoms with Crippen LogP contribution in [-0.2, 0) is 13.1 Å². The van der Waals surface area contributed by atoms with Crippen LogP contribution in [0.1, 0.15) is 34.5 Å². The first kappa shape index (κ1) is 19.8. The van der Waals surface area contributed by atoms with Crippen LogP contribution in [0.25, 0.3) is 0 Å². The Hall–Kier alpha value is -2.51. The Kier molecular flexibility index (Phi) is 7.06. The zero-order valence-electron chi connectivity index (χ0n) is 14.4. The van der Waals surface area contributed by atoms with Gasteiger partial charge in [0.1, 0.15) is 12.0 Å². The van der Waals surface area contributed by atoms with E-state index in [1.807, 2.05) is 29.2 Å². The molecule has 4 N–H and O–H groups in total. The number of carbonyl (C=O) groups is 2. The van der Waals surface area contributed by atoms with Crippen LogP contribution in [0.2, 0.25) is 0 Å². The number of furan rings is 1. The van der Waals surface area contributed by atoms with Crippen molar-refractivity contribution in [3.8, 4) is 0 Å². The standard InChI is InChI=1S/C18H22N4O3.ClH/c19-10-16-9-14(12-25-16)17(23)20-11-13-4-3-5-15(8-13)21-18(24)22-6-1-2-7-22;/h3-5,8-9,12H,1-2,6-7,10-11,19H2,(H,20,23)(H,21,24);1H. The number of nitrogens with one attached hydrogen (secondary N) is 2. The van der Waals surface area contributed by atoms with E-state index in [-0.39, 0.29) is 30.9 Å². The first-order valence-electron chi connectivity index (χ1n) is 8.36. The van der Waals surface area contributed by atoms with Crippen LogP contribution in [0.5, 0.6) is 0 Å². The van der Waals surface area contributed by atoms with Crippen LogP contribution >= 0.6 is 12.4 Å². The number of urea groups is 1. The van der Waals surface area contributed by atoms with E-state index in [9.17, 15) is 9.59 Å². The fraction of sp³-hybridized carbons (Fsp3) is 0.333.